The Labute approximate surface area is 141 Å². The van der Waals surface area contributed by atoms with Gasteiger partial charge in [-0.1, -0.05) is 0 Å². The minimum atomic E-state index is 0.0551. The number of likely N-dealkylation sites (tertiary alicyclic amines) is 1. The Bertz CT molecular complexity index is 363. The Morgan fingerprint density at radius 1 is 1.35 bits per heavy atom. The number of methoxy groups -OCH3 is 2. The molecule has 1 saturated heterocycles. The summed E-state index contributed by atoms with van der Waals surface area (Å²) in [6, 6.07) is 0.260. The lowest BCUT2D eigenvalue weighted by Gasteiger charge is -2.36. The van der Waals surface area contributed by atoms with Crippen molar-refractivity contribution >= 4 is 0 Å². The van der Waals surface area contributed by atoms with E-state index < -0.39 is 0 Å². The normalized spacial score (nSPS) is 22.7. The first-order valence-corrected chi connectivity index (χ1v) is 8.65. The van der Waals surface area contributed by atoms with E-state index >= 15 is 0 Å². The second kappa shape index (κ2) is 10.9. The van der Waals surface area contributed by atoms with Crippen molar-refractivity contribution in [2.24, 2.45) is 11.7 Å². The van der Waals surface area contributed by atoms with Gasteiger partial charge in [0.05, 0.1) is 12.8 Å². The van der Waals surface area contributed by atoms with Gasteiger partial charge in [0, 0.05) is 40.0 Å². The minimum Gasteiger partial charge on any atom is -0.385 e. The van der Waals surface area contributed by atoms with Gasteiger partial charge in [0.1, 0.15) is 5.82 Å². The lowest BCUT2D eigenvalue weighted by Crippen LogP contribution is -2.49. The maximum atomic E-state index is 6.47. The third-order valence-corrected chi connectivity index (χ3v) is 4.58. The highest BCUT2D eigenvalue weighted by Crippen LogP contribution is 2.22. The Kier molecular flexibility index (Phi) is 9.55. The van der Waals surface area contributed by atoms with Crippen molar-refractivity contribution in [3.63, 3.8) is 0 Å². The predicted molar refractivity (Wildman–Crippen MR) is 95.0 cm³/mol. The van der Waals surface area contributed by atoms with Gasteiger partial charge in [-0.15, -0.1) is 0 Å². The largest absolute Gasteiger partial charge is 0.385 e. The highest BCUT2D eigenvalue weighted by molar-refractivity contribution is 5.14. The maximum absolute atomic E-state index is 6.47. The maximum Gasteiger partial charge on any atom is 0.100 e. The van der Waals surface area contributed by atoms with Crippen LogP contribution in [0.15, 0.2) is 11.4 Å². The molecule has 23 heavy (non-hydrogen) atoms. The first kappa shape index (κ1) is 20.2. The Morgan fingerprint density at radius 2 is 2.09 bits per heavy atom. The lowest BCUT2D eigenvalue weighted by molar-refractivity contribution is 0.141. The summed E-state index contributed by atoms with van der Waals surface area (Å²) in [7, 11) is 5.44. The van der Waals surface area contributed by atoms with Crippen LogP contribution >= 0.6 is 0 Å². The van der Waals surface area contributed by atoms with Crippen molar-refractivity contribution < 1.29 is 9.47 Å². The number of nitrogens with two attached hydrogens (primary N) is 1. The summed E-state index contributed by atoms with van der Waals surface area (Å²) in [5, 5.41) is 6.82. The topological polar surface area (TPSA) is 71.8 Å². The van der Waals surface area contributed by atoms with E-state index in [-0.39, 0.29) is 12.2 Å². The van der Waals surface area contributed by atoms with Crippen LogP contribution in [0.3, 0.4) is 0 Å². The molecule has 0 spiro atoms. The minimum absolute atomic E-state index is 0.0551. The molecule has 0 aromatic carbocycles. The quantitative estimate of drug-likeness (QED) is 0.522. The molecule has 0 bridgehead atoms. The molecule has 0 aliphatic carbocycles. The van der Waals surface area contributed by atoms with E-state index in [2.05, 4.69) is 29.4 Å². The summed E-state index contributed by atoms with van der Waals surface area (Å²) in [6.45, 7) is 7.78. The molecule has 0 aromatic rings. The number of piperidine rings is 1. The van der Waals surface area contributed by atoms with E-state index in [0.29, 0.717) is 12.5 Å². The van der Waals surface area contributed by atoms with E-state index in [0.717, 1.165) is 37.5 Å². The Balaban J connectivity index is 2.68. The Hall–Kier alpha value is -0.820. The fourth-order valence-electron chi connectivity index (χ4n) is 3.21. The summed E-state index contributed by atoms with van der Waals surface area (Å²) in [6.07, 6.45) is 3.63. The van der Waals surface area contributed by atoms with Gasteiger partial charge in [-0.3, -0.25) is 5.32 Å². The van der Waals surface area contributed by atoms with Gasteiger partial charge in [-0.05, 0) is 51.6 Å². The van der Waals surface area contributed by atoms with Gasteiger partial charge in [0.2, 0.25) is 0 Å². The van der Waals surface area contributed by atoms with Crippen LogP contribution in [0.5, 0.6) is 0 Å². The fraction of sp³-hybridized carbons (Fsp3) is 0.882. The molecule has 0 radical (unpaired) electrons. The highest BCUT2D eigenvalue weighted by atomic mass is 16.5. The van der Waals surface area contributed by atoms with E-state index in [1.807, 2.05) is 7.05 Å². The second-order valence-corrected chi connectivity index (χ2v) is 6.55. The molecular weight excluding hydrogens is 292 g/mol. The van der Waals surface area contributed by atoms with Gasteiger partial charge in [-0.2, -0.15) is 0 Å². The lowest BCUT2D eigenvalue weighted by atomic mass is 9.95. The standard InChI is InChI=1S/C17H36N4O2/c1-13(12-23-5)20-17(19-3)14(2)16(18)21-9-6-7-15(11-21)8-10-22-4/h13,15,17,19-20H,6-12,18H2,1-5H3/b16-14+. The molecular formula is C17H36N4O2. The number of hydrogen-bond donors (Lipinski definition) is 3. The zero-order valence-electron chi connectivity index (χ0n) is 15.5. The van der Waals surface area contributed by atoms with Gasteiger partial charge < -0.3 is 25.4 Å². The number of hydrogen-bond acceptors (Lipinski definition) is 6. The van der Waals surface area contributed by atoms with Crippen LogP contribution < -0.4 is 16.4 Å². The SMILES string of the molecule is CNC(NC(C)COC)/C(C)=C(\N)N1CCCC(CCOC)C1. The van der Waals surface area contributed by atoms with Gasteiger partial charge in [0.15, 0.2) is 0 Å². The van der Waals surface area contributed by atoms with Crippen molar-refractivity contribution in [3.8, 4) is 0 Å². The number of nitrogens with zero attached hydrogens (tertiary/aromatic N) is 1. The number of likely N-dealkylation sites (N-methyl/N-ethyl adjacent to an activating group) is 1. The molecule has 0 saturated carbocycles. The van der Waals surface area contributed by atoms with Crippen LogP contribution in [0.4, 0.5) is 0 Å². The van der Waals surface area contributed by atoms with Crippen molar-refractivity contribution in [1.29, 1.82) is 0 Å². The summed E-state index contributed by atoms with van der Waals surface area (Å²) in [5.74, 6) is 1.56. The molecule has 1 aliphatic rings. The van der Waals surface area contributed by atoms with Crippen LogP contribution in [0.1, 0.15) is 33.1 Å². The van der Waals surface area contributed by atoms with Crippen LogP contribution in [0.2, 0.25) is 0 Å². The number of ether oxygens (including phenoxy) is 2. The summed E-state index contributed by atoms with van der Waals surface area (Å²) in [4.78, 5) is 2.33. The van der Waals surface area contributed by atoms with E-state index in [1.165, 1.54) is 12.8 Å². The van der Waals surface area contributed by atoms with E-state index in [4.69, 9.17) is 15.2 Å². The van der Waals surface area contributed by atoms with E-state index in [1.54, 1.807) is 14.2 Å². The Morgan fingerprint density at radius 3 is 2.70 bits per heavy atom. The molecule has 3 unspecified atom stereocenters. The van der Waals surface area contributed by atoms with Crippen LogP contribution in [0.25, 0.3) is 0 Å². The molecule has 0 amide bonds. The van der Waals surface area contributed by atoms with Crippen molar-refractivity contribution in [1.82, 2.24) is 15.5 Å². The molecule has 0 aromatic heterocycles. The first-order valence-electron chi connectivity index (χ1n) is 8.65. The molecule has 1 rings (SSSR count). The number of nitrogens with one attached hydrogen (secondary N) is 2. The third kappa shape index (κ3) is 6.67. The van der Waals surface area contributed by atoms with Crippen LogP contribution in [0, 0.1) is 5.92 Å². The molecule has 1 fully saturated rings. The number of rotatable bonds is 10. The fourth-order valence-corrected chi connectivity index (χ4v) is 3.21. The molecule has 6 nitrogen and oxygen atoms in total. The van der Waals surface area contributed by atoms with Crippen molar-refractivity contribution in [3.05, 3.63) is 11.4 Å². The van der Waals surface area contributed by atoms with E-state index in [9.17, 15) is 0 Å². The van der Waals surface area contributed by atoms with Gasteiger partial charge in [0.25, 0.3) is 0 Å². The second-order valence-electron chi connectivity index (χ2n) is 6.55. The van der Waals surface area contributed by atoms with Crippen LogP contribution in [-0.4, -0.2) is 64.7 Å². The molecule has 136 valence electrons. The average Bonchev–Trinajstić information content (AvgIpc) is 2.57. The summed E-state index contributed by atoms with van der Waals surface area (Å²) in [5.41, 5.74) is 7.61. The predicted octanol–water partition coefficient (Wildman–Crippen LogP) is 1.10. The first-order chi connectivity index (χ1) is 11.0. The molecule has 1 heterocycles. The summed E-state index contributed by atoms with van der Waals surface area (Å²) < 4.78 is 10.4. The summed E-state index contributed by atoms with van der Waals surface area (Å²) >= 11 is 0. The average molecular weight is 329 g/mol. The zero-order valence-corrected chi connectivity index (χ0v) is 15.5. The van der Waals surface area contributed by atoms with Crippen molar-refractivity contribution in [2.75, 3.05) is 47.6 Å². The zero-order chi connectivity index (χ0) is 17.2. The highest BCUT2D eigenvalue weighted by Gasteiger charge is 2.23. The molecule has 1 aliphatic heterocycles. The molecule has 6 heteroatoms. The smallest absolute Gasteiger partial charge is 0.100 e. The molecule has 3 atom stereocenters. The van der Waals surface area contributed by atoms with Gasteiger partial charge >= 0.3 is 0 Å². The monoisotopic (exact) mass is 328 g/mol. The third-order valence-electron chi connectivity index (χ3n) is 4.58. The van der Waals surface area contributed by atoms with Crippen LogP contribution in [-0.2, 0) is 9.47 Å². The van der Waals surface area contributed by atoms with Gasteiger partial charge in [-0.25, -0.2) is 0 Å². The molecule has 4 N–H and O–H groups in total. The van der Waals surface area contributed by atoms with Crippen molar-refractivity contribution in [2.45, 2.75) is 45.3 Å².